The lowest BCUT2D eigenvalue weighted by atomic mass is 10.2. The van der Waals surface area contributed by atoms with Gasteiger partial charge >= 0.3 is 0 Å². The summed E-state index contributed by atoms with van der Waals surface area (Å²) in [6.45, 7) is 5.02. The van der Waals surface area contributed by atoms with Crippen LogP contribution in [0.2, 0.25) is 0 Å². The highest BCUT2D eigenvalue weighted by Gasteiger charge is 2.16. The zero-order chi connectivity index (χ0) is 15.4. The van der Waals surface area contributed by atoms with Crippen LogP contribution in [0.25, 0.3) is 0 Å². The summed E-state index contributed by atoms with van der Waals surface area (Å²) < 4.78 is 1.60. The molecule has 0 atom stereocenters. The van der Waals surface area contributed by atoms with Gasteiger partial charge < -0.3 is 11.5 Å². The van der Waals surface area contributed by atoms with Crippen LogP contribution in [0.1, 0.15) is 28.7 Å². The number of nitrogens with two attached hydrogens (primary N) is 2. The molecule has 0 aliphatic carbocycles. The molecule has 0 bridgehead atoms. The highest BCUT2D eigenvalue weighted by molar-refractivity contribution is 6.12. The average Bonchev–Trinajstić information content (AvgIpc) is 2.57. The molecule has 1 heterocycles. The van der Waals surface area contributed by atoms with Crippen LogP contribution < -0.4 is 16.9 Å². The van der Waals surface area contributed by atoms with Crippen molar-refractivity contribution < 1.29 is 9.59 Å². The quantitative estimate of drug-likeness (QED) is 0.388. The van der Waals surface area contributed by atoms with Crippen molar-refractivity contribution in [2.45, 2.75) is 20.8 Å². The predicted molar refractivity (Wildman–Crippen MR) is 74.7 cm³/mol. The van der Waals surface area contributed by atoms with Crippen LogP contribution in [0.15, 0.2) is 16.4 Å². The molecule has 5 N–H and O–H groups in total. The Hall–Kier alpha value is -2.64. The van der Waals surface area contributed by atoms with E-state index in [0.29, 0.717) is 11.3 Å². The minimum Gasteiger partial charge on any atom is -0.402 e. The van der Waals surface area contributed by atoms with E-state index in [2.05, 4.69) is 15.6 Å². The molecule has 1 aromatic rings. The van der Waals surface area contributed by atoms with Crippen LogP contribution in [0.4, 0.5) is 0 Å². The van der Waals surface area contributed by atoms with Gasteiger partial charge in [0.2, 0.25) is 0 Å². The second-order valence-electron chi connectivity index (χ2n) is 4.33. The highest BCUT2D eigenvalue weighted by Crippen LogP contribution is 2.11. The molecule has 0 aliphatic heterocycles. The normalized spacial score (nSPS) is 12.4. The number of amides is 2. The lowest BCUT2D eigenvalue weighted by molar-refractivity contribution is -0.114. The summed E-state index contributed by atoms with van der Waals surface area (Å²) in [6, 6.07) is 0. The van der Waals surface area contributed by atoms with Crippen LogP contribution in [0.5, 0.6) is 0 Å². The molecule has 0 spiro atoms. The summed E-state index contributed by atoms with van der Waals surface area (Å²) in [6.07, 6.45) is 1.12. The third-order valence-corrected chi connectivity index (χ3v) is 2.79. The summed E-state index contributed by atoms with van der Waals surface area (Å²) in [5.41, 5.74) is 14.9. The smallest absolute Gasteiger partial charge is 0.275 e. The second kappa shape index (κ2) is 6.00. The number of aryl methyl sites for hydroxylation is 2. The first kappa shape index (κ1) is 15.4. The average molecular weight is 278 g/mol. The molecule has 108 valence electrons. The third-order valence-electron chi connectivity index (χ3n) is 2.79. The molecule has 0 fully saturated rings. The summed E-state index contributed by atoms with van der Waals surface area (Å²) in [4.78, 5) is 23.0. The first-order valence-corrected chi connectivity index (χ1v) is 5.85. The zero-order valence-corrected chi connectivity index (χ0v) is 11.9. The molecule has 1 rings (SSSR count). The maximum Gasteiger partial charge on any atom is 0.275 e. The van der Waals surface area contributed by atoms with E-state index < -0.39 is 11.8 Å². The van der Waals surface area contributed by atoms with Gasteiger partial charge in [-0.3, -0.25) is 14.3 Å². The van der Waals surface area contributed by atoms with Gasteiger partial charge in [0.05, 0.1) is 23.0 Å². The summed E-state index contributed by atoms with van der Waals surface area (Å²) in [5, 5.41) is 7.81. The Morgan fingerprint density at radius 2 is 1.95 bits per heavy atom. The van der Waals surface area contributed by atoms with Crippen molar-refractivity contribution in [3.8, 4) is 0 Å². The zero-order valence-electron chi connectivity index (χ0n) is 11.9. The molecule has 2 amide bonds. The number of nitrogens with one attached hydrogen (secondary N) is 1. The van der Waals surface area contributed by atoms with Crippen molar-refractivity contribution in [3.05, 3.63) is 28.2 Å². The Morgan fingerprint density at radius 1 is 1.35 bits per heavy atom. The first-order chi connectivity index (χ1) is 9.25. The molecule has 1 aromatic heterocycles. The number of carbonyl (C=O) groups is 2. The Labute approximate surface area is 116 Å². The number of hydrazone groups is 1. The molecular weight excluding hydrogens is 260 g/mol. The molecule has 8 heteroatoms. The monoisotopic (exact) mass is 278 g/mol. The molecule has 0 aliphatic rings. The van der Waals surface area contributed by atoms with Gasteiger partial charge in [0, 0.05) is 18.4 Å². The fraction of sp³-hybridized carbons (Fsp3) is 0.333. The van der Waals surface area contributed by atoms with E-state index in [1.807, 2.05) is 0 Å². The van der Waals surface area contributed by atoms with Crippen LogP contribution in [0.3, 0.4) is 0 Å². The van der Waals surface area contributed by atoms with E-state index in [1.165, 1.54) is 6.92 Å². The van der Waals surface area contributed by atoms with Crippen molar-refractivity contribution in [3.63, 3.8) is 0 Å². The van der Waals surface area contributed by atoms with Gasteiger partial charge in [-0.2, -0.15) is 10.2 Å². The fourth-order valence-corrected chi connectivity index (χ4v) is 1.67. The number of primary amides is 1. The van der Waals surface area contributed by atoms with Gasteiger partial charge in [-0.1, -0.05) is 0 Å². The number of aromatic nitrogens is 2. The number of hydrogen-bond acceptors (Lipinski definition) is 5. The van der Waals surface area contributed by atoms with Gasteiger partial charge in [-0.15, -0.1) is 0 Å². The SMILES string of the molecule is CC(N)=C(C=NNC(=O)c1c(C)nn(C)c1C)C(N)=O. The Morgan fingerprint density at radius 3 is 2.35 bits per heavy atom. The first-order valence-electron chi connectivity index (χ1n) is 5.85. The number of nitrogens with zero attached hydrogens (tertiary/aromatic N) is 3. The molecule has 0 radical (unpaired) electrons. The summed E-state index contributed by atoms with van der Waals surface area (Å²) in [7, 11) is 1.74. The summed E-state index contributed by atoms with van der Waals surface area (Å²) in [5.74, 6) is -1.13. The van der Waals surface area contributed by atoms with E-state index in [-0.39, 0.29) is 11.3 Å². The number of carbonyl (C=O) groups excluding carboxylic acids is 2. The Kier molecular flexibility index (Phi) is 4.63. The molecular formula is C12H18N6O2. The highest BCUT2D eigenvalue weighted by atomic mass is 16.2. The van der Waals surface area contributed by atoms with E-state index >= 15 is 0 Å². The largest absolute Gasteiger partial charge is 0.402 e. The molecule has 0 aromatic carbocycles. The maximum absolute atomic E-state index is 12.0. The van der Waals surface area contributed by atoms with Gasteiger partial charge in [-0.25, -0.2) is 5.43 Å². The third kappa shape index (κ3) is 3.22. The Balaban J connectivity index is 2.88. The van der Waals surface area contributed by atoms with E-state index in [1.54, 1.807) is 25.6 Å². The number of rotatable bonds is 4. The Bertz CT molecular complexity index is 608. The molecule has 20 heavy (non-hydrogen) atoms. The van der Waals surface area contributed by atoms with Crippen molar-refractivity contribution in [2.75, 3.05) is 0 Å². The maximum atomic E-state index is 12.0. The van der Waals surface area contributed by atoms with Crippen molar-refractivity contribution >= 4 is 18.0 Å². The van der Waals surface area contributed by atoms with Crippen LogP contribution in [-0.4, -0.2) is 27.8 Å². The van der Waals surface area contributed by atoms with E-state index in [4.69, 9.17) is 11.5 Å². The molecule has 8 nitrogen and oxygen atoms in total. The van der Waals surface area contributed by atoms with E-state index in [9.17, 15) is 9.59 Å². The van der Waals surface area contributed by atoms with Gasteiger partial charge in [-0.05, 0) is 20.8 Å². The standard InChI is InChI=1S/C12H18N6O2/c1-6(13)9(11(14)19)5-15-16-12(20)10-7(2)17-18(4)8(10)3/h5H,13H2,1-4H3,(H2,14,19)(H,16,20). The van der Waals surface area contributed by atoms with Crippen LogP contribution in [-0.2, 0) is 11.8 Å². The molecule has 0 unspecified atom stereocenters. The van der Waals surface area contributed by atoms with Crippen LogP contribution >= 0.6 is 0 Å². The van der Waals surface area contributed by atoms with Crippen molar-refractivity contribution in [1.29, 1.82) is 0 Å². The lowest BCUT2D eigenvalue weighted by Crippen LogP contribution is -2.22. The topological polar surface area (TPSA) is 128 Å². The second-order valence-corrected chi connectivity index (χ2v) is 4.33. The van der Waals surface area contributed by atoms with Gasteiger partial charge in [0.15, 0.2) is 0 Å². The lowest BCUT2D eigenvalue weighted by Gasteiger charge is -2.01. The summed E-state index contributed by atoms with van der Waals surface area (Å²) >= 11 is 0. The minimum atomic E-state index is -0.711. The van der Waals surface area contributed by atoms with Gasteiger partial charge in [0.25, 0.3) is 11.8 Å². The van der Waals surface area contributed by atoms with Gasteiger partial charge in [0.1, 0.15) is 0 Å². The number of allylic oxidation sites excluding steroid dienone is 1. The van der Waals surface area contributed by atoms with Crippen molar-refractivity contribution in [1.82, 2.24) is 15.2 Å². The van der Waals surface area contributed by atoms with Crippen molar-refractivity contribution in [2.24, 2.45) is 23.6 Å². The molecule has 0 saturated heterocycles. The number of hydrogen-bond donors (Lipinski definition) is 3. The van der Waals surface area contributed by atoms with Crippen LogP contribution in [0, 0.1) is 13.8 Å². The fourth-order valence-electron chi connectivity index (χ4n) is 1.67. The van der Waals surface area contributed by atoms with E-state index in [0.717, 1.165) is 11.9 Å². The molecule has 0 saturated carbocycles. The predicted octanol–water partition coefficient (Wildman–Crippen LogP) is -0.529. The minimum absolute atomic E-state index is 0.0462.